The third-order valence-corrected chi connectivity index (χ3v) is 20.1. The van der Waals surface area contributed by atoms with E-state index < -0.39 is 0 Å². The number of fused-ring (bicyclic) bond motifs is 7. The van der Waals surface area contributed by atoms with Crippen LogP contribution < -0.4 is 0 Å². The van der Waals surface area contributed by atoms with E-state index in [-0.39, 0.29) is 0 Å². The van der Waals surface area contributed by atoms with Gasteiger partial charge in [-0.3, -0.25) is 0 Å². The Kier molecular flexibility index (Phi) is 13.7. The normalized spacial score (nSPS) is 19.0. The van der Waals surface area contributed by atoms with Crippen LogP contribution in [0.5, 0.6) is 0 Å². The van der Waals surface area contributed by atoms with Gasteiger partial charge < -0.3 is 0 Å². The van der Waals surface area contributed by atoms with Gasteiger partial charge in [0.25, 0.3) is 0 Å². The van der Waals surface area contributed by atoms with Gasteiger partial charge in [0.1, 0.15) is 0 Å². The van der Waals surface area contributed by atoms with Crippen LogP contribution >= 0.6 is 0 Å². The molecule has 2 heteroatoms. The average molecular weight is 1030 g/mol. The fourth-order valence-electron chi connectivity index (χ4n) is 16.3. The van der Waals surface area contributed by atoms with Crippen LogP contribution in [-0.4, -0.2) is 9.97 Å². The minimum atomic E-state index is 0.310. The Morgan fingerprint density at radius 1 is 0.269 bits per heavy atom. The zero-order valence-corrected chi connectivity index (χ0v) is 50.6. The molecule has 8 aromatic rings. The van der Waals surface area contributed by atoms with Crippen molar-refractivity contribution in [2.45, 2.75) is 233 Å². The number of pyridine rings is 2. The minimum Gasteiger partial charge on any atom is -0.247 e. The molecule has 404 valence electrons. The first-order chi connectivity index (χ1) is 37.4. The van der Waals surface area contributed by atoms with E-state index in [1.807, 2.05) is 0 Å². The molecule has 0 aliphatic heterocycles. The van der Waals surface area contributed by atoms with Gasteiger partial charge in [-0.15, -0.1) is 0 Å². The summed E-state index contributed by atoms with van der Waals surface area (Å²) in [5.74, 6) is 4.68. The van der Waals surface area contributed by atoms with Crippen LogP contribution in [0, 0.1) is 0 Å². The predicted molar refractivity (Wildman–Crippen MR) is 337 cm³/mol. The molecule has 0 amide bonds. The number of hydrogen-bond donors (Lipinski definition) is 0. The molecule has 0 saturated heterocycles. The Morgan fingerprint density at radius 2 is 0.487 bits per heavy atom. The van der Waals surface area contributed by atoms with Crippen LogP contribution in [0.25, 0.3) is 77.3 Å². The first-order valence-corrected chi connectivity index (χ1v) is 31.2. The highest BCUT2D eigenvalue weighted by atomic mass is 14.8. The average Bonchev–Trinajstić information content (AvgIpc) is 2.58. The van der Waals surface area contributed by atoms with E-state index in [2.05, 4.69) is 196 Å². The van der Waals surface area contributed by atoms with Crippen LogP contribution in [-0.2, 0) is 0 Å². The van der Waals surface area contributed by atoms with Crippen molar-refractivity contribution in [3.05, 3.63) is 152 Å². The molecule has 2 heterocycles. The van der Waals surface area contributed by atoms with Gasteiger partial charge in [0.2, 0.25) is 0 Å². The summed E-state index contributed by atoms with van der Waals surface area (Å²) in [6.45, 7) is 38.6. The molecule has 0 radical (unpaired) electrons. The van der Waals surface area contributed by atoms with E-state index >= 15 is 0 Å². The molecule has 14 rings (SSSR count). The van der Waals surface area contributed by atoms with Crippen molar-refractivity contribution in [2.75, 3.05) is 0 Å². The quantitative estimate of drug-likeness (QED) is 0.114. The van der Waals surface area contributed by atoms with Crippen LogP contribution in [0.1, 0.15) is 300 Å². The molecule has 2 aromatic heterocycles. The van der Waals surface area contributed by atoms with E-state index in [4.69, 9.17) is 9.97 Å². The minimum absolute atomic E-state index is 0.310. The van der Waals surface area contributed by atoms with Crippen molar-refractivity contribution in [3.8, 4) is 44.8 Å². The lowest BCUT2D eigenvalue weighted by atomic mass is 9.64. The predicted octanol–water partition coefficient (Wildman–Crippen LogP) is 23.1. The Balaban J connectivity index is 1.41. The molecule has 6 aromatic carbocycles. The van der Waals surface area contributed by atoms with Crippen molar-refractivity contribution in [2.24, 2.45) is 0 Å². The van der Waals surface area contributed by atoms with Crippen molar-refractivity contribution in [1.29, 1.82) is 0 Å². The molecule has 6 aliphatic rings. The van der Waals surface area contributed by atoms with Gasteiger partial charge in [-0.05, 0) is 223 Å². The SMILES string of the molecule is CC(C)c1cccc(C(C)C)c1-c1nc2c(-c3c(C(C)C)cccc3C(C)C)c3cc4c5c(c(-c6c(C(C)C)cccc6C(C)C)nc4c(-c4c(C(C)C)cccc4C(C)C)c3cc2c2c1C1CCC2CC1)C1CCC5CC1. The Bertz CT molecular complexity index is 3320. The van der Waals surface area contributed by atoms with E-state index in [9.17, 15) is 0 Å². The van der Waals surface area contributed by atoms with E-state index in [0.717, 1.165) is 0 Å². The monoisotopic (exact) mass is 1030 g/mol. The Hall–Kier alpha value is -5.60. The van der Waals surface area contributed by atoms with Gasteiger partial charge in [0.05, 0.1) is 22.4 Å². The molecule has 0 atom stereocenters. The first kappa shape index (κ1) is 53.1. The summed E-state index contributed by atoms with van der Waals surface area (Å²) in [6.07, 6.45) is 9.98. The van der Waals surface area contributed by atoms with E-state index in [1.165, 1.54) is 173 Å². The summed E-state index contributed by atoms with van der Waals surface area (Å²) in [5, 5.41) is 5.51. The van der Waals surface area contributed by atoms with Gasteiger partial charge in [0.15, 0.2) is 0 Å². The standard InChI is InChI=1S/C76H90N2/c1-39(2)51-21-17-22-52(40(3)4)67(51)71-59-37-62-64-48-31-35-50(36-32-48)66(64)76(70-57(45(13)14)27-20-28-58(70)46(15)16)78-74(62)72(68-53(41(5)6)23-18-24-54(68)42(7)8)60(59)38-61-63-47-29-33-49(34-30-47)65(63)75(77-73(61)71)69-55(43(9)10)25-19-26-56(69)44(11)12/h17-28,37-50H,29-36H2,1-16H3. The van der Waals surface area contributed by atoms with Crippen LogP contribution in [0.3, 0.4) is 0 Å². The van der Waals surface area contributed by atoms with Gasteiger partial charge in [-0.2, -0.15) is 0 Å². The number of benzene rings is 6. The van der Waals surface area contributed by atoms with Gasteiger partial charge in [0, 0.05) is 33.0 Å². The third-order valence-electron chi connectivity index (χ3n) is 20.1. The second-order valence-electron chi connectivity index (χ2n) is 27.5. The molecule has 0 spiro atoms. The molecule has 0 unspecified atom stereocenters. The molecule has 2 nitrogen and oxygen atoms in total. The zero-order valence-electron chi connectivity index (χ0n) is 50.6. The smallest absolute Gasteiger partial charge is 0.0797 e. The molecule has 78 heavy (non-hydrogen) atoms. The topological polar surface area (TPSA) is 25.8 Å². The highest BCUT2D eigenvalue weighted by Gasteiger charge is 2.42. The summed E-state index contributed by atoms with van der Waals surface area (Å²) in [7, 11) is 0. The Morgan fingerprint density at radius 3 is 0.718 bits per heavy atom. The van der Waals surface area contributed by atoms with Gasteiger partial charge in [-0.25, -0.2) is 9.97 Å². The third kappa shape index (κ3) is 8.28. The Labute approximate surface area is 469 Å². The van der Waals surface area contributed by atoms with Crippen molar-refractivity contribution >= 4 is 32.6 Å². The maximum absolute atomic E-state index is 6.48. The van der Waals surface area contributed by atoms with Crippen LogP contribution in [0.4, 0.5) is 0 Å². The van der Waals surface area contributed by atoms with E-state index in [1.54, 1.807) is 22.3 Å². The summed E-state index contributed by atoms with van der Waals surface area (Å²) < 4.78 is 0. The second kappa shape index (κ2) is 20.2. The first-order valence-electron chi connectivity index (χ1n) is 31.2. The number of rotatable bonds is 12. The molecule has 0 N–H and O–H groups in total. The molecule has 2 fully saturated rings. The van der Waals surface area contributed by atoms with Crippen molar-refractivity contribution < 1.29 is 0 Å². The second-order valence-corrected chi connectivity index (χ2v) is 27.5. The summed E-state index contributed by atoms with van der Waals surface area (Å²) >= 11 is 0. The fraction of sp³-hybridized carbons (Fsp3) is 0.474. The van der Waals surface area contributed by atoms with Crippen molar-refractivity contribution in [3.63, 3.8) is 0 Å². The highest BCUT2D eigenvalue weighted by Crippen LogP contribution is 2.61. The van der Waals surface area contributed by atoms with Crippen LogP contribution in [0.15, 0.2) is 84.9 Å². The molecular weight excluding hydrogens is 941 g/mol. The summed E-state index contributed by atoms with van der Waals surface area (Å²) in [4.78, 5) is 13.0. The van der Waals surface area contributed by atoms with Crippen LogP contribution in [0.2, 0.25) is 0 Å². The highest BCUT2D eigenvalue weighted by molar-refractivity contribution is 6.23. The lowest BCUT2D eigenvalue weighted by Gasteiger charge is -2.41. The molecule has 4 bridgehead atoms. The fourth-order valence-corrected chi connectivity index (χ4v) is 16.3. The summed E-state index contributed by atoms with van der Waals surface area (Å²) in [6, 6.07) is 34.4. The largest absolute Gasteiger partial charge is 0.247 e. The molecule has 6 aliphatic carbocycles. The lowest BCUT2D eigenvalue weighted by Crippen LogP contribution is -2.24. The van der Waals surface area contributed by atoms with Gasteiger partial charge >= 0.3 is 0 Å². The van der Waals surface area contributed by atoms with Crippen molar-refractivity contribution in [1.82, 2.24) is 9.97 Å². The maximum atomic E-state index is 6.48. The van der Waals surface area contributed by atoms with E-state index in [0.29, 0.717) is 71.0 Å². The zero-order chi connectivity index (χ0) is 54.9. The summed E-state index contributed by atoms with van der Waals surface area (Å²) in [5.41, 5.74) is 31.2. The van der Waals surface area contributed by atoms with Gasteiger partial charge in [-0.1, -0.05) is 184 Å². The number of hydrogen-bond acceptors (Lipinski definition) is 2. The lowest BCUT2D eigenvalue weighted by molar-refractivity contribution is 0.361. The molecular formula is C76H90N2. The maximum Gasteiger partial charge on any atom is 0.0797 e. The number of nitrogens with zero attached hydrogens (tertiary/aromatic N) is 2. The molecule has 2 saturated carbocycles. The number of aromatic nitrogens is 2.